The molecule has 0 aromatic heterocycles. The highest BCUT2D eigenvalue weighted by atomic mass is 13.4. The summed E-state index contributed by atoms with van der Waals surface area (Å²) < 4.78 is 0. The Kier molecular flexibility index (Phi) is 20.4. The third-order valence-corrected chi connectivity index (χ3v) is 7.78. The van der Waals surface area contributed by atoms with Gasteiger partial charge in [0, 0.05) is 0 Å². The average molecular weight is 422 g/mol. The lowest BCUT2D eigenvalue weighted by atomic mass is 8.28. The predicted octanol–water partition coefficient (Wildman–Crippen LogP) is -14.9. The molecule has 0 aliphatic heterocycles. The minimum atomic E-state index is -1.19. The van der Waals surface area contributed by atoms with Crippen molar-refractivity contribution in [1.82, 2.24) is 0 Å². The zero-order valence-electron chi connectivity index (χ0n) is 22.5. The van der Waals surface area contributed by atoms with Gasteiger partial charge in [0.05, 0.1) is 0 Å². The minimum absolute atomic E-state index is 0.981. The SMILES string of the molecule is [B]B([B])B(B([B])[B])B(B(B([B])[B])B([B])[B])B(B(B([B])[B])B([B])[B][B-])B(B(B([B])[B])B([B])[B])B(B([B])[B])B([B])[B-]. The monoisotopic (exact) mass is 429 g/mol. The second-order valence-electron chi connectivity index (χ2n) is 10.6. The van der Waals surface area contributed by atoms with E-state index < -0.39 is 115 Å². The molecule has 43 radical (unpaired) electrons. The highest BCUT2D eigenvalue weighted by molar-refractivity contribution is 8.31. The van der Waals surface area contributed by atoms with E-state index in [1.807, 2.05) is 0 Å². The smallest absolute Gasteiger partial charge is 0.000000000000171 e. The molecule has 0 amide bonds. The number of hydrogen-bond donors (Lipinski definition) is 0. The first-order chi connectivity index (χ1) is 17.8. The topological polar surface area (TPSA) is 0 Å². The number of hydrogen-bond acceptors (Lipinski definition) is 0. The Morgan fingerprint density at radius 2 is 0.513 bits per heavy atom. The first kappa shape index (κ1) is 41.5. The predicted molar refractivity (Wildman–Crippen MR) is 224 cm³/mol. The summed E-state index contributed by atoms with van der Waals surface area (Å²) in [6.45, 7) is 0. The summed E-state index contributed by atoms with van der Waals surface area (Å²) in [4.78, 5) is 0. The van der Waals surface area contributed by atoms with E-state index in [0.717, 1.165) is 0 Å². The van der Waals surface area contributed by atoms with Crippen molar-refractivity contribution in [2.24, 2.45) is 0 Å². The normalized spacial score (nSPS) is 9.59. The van der Waals surface area contributed by atoms with E-state index in [4.69, 9.17) is 155 Å². The minimum Gasteiger partial charge on any atom is -0.690 e. The summed E-state index contributed by atoms with van der Waals surface area (Å²) in [5.74, 6) is 0. The molecule has 0 fully saturated rings. The molecule has 0 saturated carbocycles. The molecule has 39 heavy (non-hydrogen) atoms. The van der Waals surface area contributed by atoms with Gasteiger partial charge in [-0.1, -0.05) is 0 Å². The molecule has 0 bridgehead atoms. The summed E-state index contributed by atoms with van der Waals surface area (Å²) in [5, 5.41) is 0. The molecule has 39 heteroatoms. The molecule has 0 atom stereocenters. The van der Waals surface area contributed by atoms with Crippen LogP contribution in [0.15, 0.2) is 0 Å². The second-order valence-corrected chi connectivity index (χ2v) is 10.6. The van der Waals surface area contributed by atoms with E-state index in [1.165, 1.54) is 7.06 Å². The van der Waals surface area contributed by atoms with Crippen LogP contribution in [0.4, 0.5) is 0 Å². The Hall–Kier alpha value is 2.53. The van der Waals surface area contributed by atoms with Gasteiger partial charge in [-0.2, -0.15) is 0 Å². The molecule has 0 rings (SSSR count). The lowest BCUT2D eigenvalue weighted by molar-refractivity contribution is 3.22. The van der Waals surface area contributed by atoms with E-state index >= 15 is 0 Å². The van der Waals surface area contributed by atoms with Crippen LogP contribution in [0, 0.1) is 0 Å². The van der Waals surface area contributed by atoms with Crippen molar-refractivity contribution in [2.45, 2.75) is 0 Å². The molecular formula is B39-2. The Morgan fingerprint density at radius 1 is 0.308 bits per heavy atom. The van der Waals surface area contributed by atoms with Gasteiger partial charge in [-0.05, 0) is 248 Å². The van der Waals surface area contributed by atoms with Gasteiger partial charge in [-0.15, -0.1) is 0 Å². The number of rotatable bonds is 18. The Balaban J connectivity index is 8.23. The summed E-state index contributed by atoms with van der Waals surface area (Å²) in [6.07, 6.45) is -19.7. The van der Waals surface area contributed by atoms with Gasteiger partial charge in [0.25, 0.3) is 0 Å². The maximum Gasteiger partial charge on any atom is -0.000000000000171 e. The van der Waals surface area contributed by atoms with Gasteiger partial charge < -0.3 is 15.5 Å². The van der Waals surface area contributed by atoms with Crippen LogP contribution in [-0.2, 0) is 0 Å². The largest absolute Gasteiger partial charge is 0.690 e. The Morgan fingerprint density at radius 3 is 0.692 bits per heavy atom. The van der Waals surface area contributed by atoms with E-state index in [2.05, 4.69) is 0 Å². The lowest BCUT2D eigenvalue weighted by Gasteiger charge is -2.56. The molecule has 119 valence electrons. The third kappa shape index (κ3) is 11.4. The van der Waals surface area contributed by atoms with Gasteiger partial charge >= 0.3 is 0 Å². The zero-order chi connectivity index (χ0) is 31.1. The van der Waals surface area contributed by atoms with E-state index in [-0.39, 0.29) is 0 Å². The zero-order valence-corrected chi connectivity index (χ0v) is 22.5. The highest BCUT2D eigenvalue weighted by Gasteiger charge is 2.55. The van der Waals surface area contributed by atoms with Crippen molar-refractivity contribution in [3.8, 4) is 0 Å². The molecule has 0 nitrogen and oxygen atoms in total. The van der Waals surface area contributed by atoms with Crippen molar-refractivity contribution in [2.75, 3.05) is 0 Å². The Bertz CT molecular complexity index is 502. The van der Waals surface area contributed by atoms with Gasteiger partial charge in [-0.25, -0.2) is 6.39 Å². The molecule has 0 heterocycles. The molecular weight excluding hydrogens is 422 g/mol. The van der Waals surface area contributed by atoms with Crippen LogP contribution in [0.3, 0.4) is 0 Å². The molecule has 0 aliphatic rings. The molecule has 0 aromatic carbocycles. The third-order valence-electron chi connectivity index (χ3n) is 7.78. The molecule has 0 aliphatic carbocycles. The van der Waals surface area contributed by atoms with E-state index in [0.29, 0.717) is 0 Å². The maximum atomic E-state index is 6.46. The van der Waals surface area contributed by atoms with Gasteiger partial charge in [0.2, 0.25) is 0 Å². The first-order valence-corrected chi connectivity index (χ1v) is 12.7. The quantitative estimate of drug-likeness (QED) is 0.193. The summed E-state index contributed by atoms with van der Waals surface area (Å²) in [7, 11) is 126. The molecule has 0 unspecified atom stereocenters. The molecule has 0 aromatic rings. The Labute approximate surface area is 275 Å². The van der Waals surface area contributed by atoms with Crippen LogP contribution in [0.1, 0.15) is 0 Å². The molecule has 0 N–H and O–H groups in total. The van der Waals surface area contributed by atoms with Crippen LogP contribution in [0.2, 0.25) is 0 Å². The van der Waals surface area contributed by atoms with Crippen LogP contribution >= 0.6 is 0 Å². The van der Waals surface area contributed by atoms with Crippen LogP contribution in [0.5, 0.6) is 0 Å². The summed E-state index contributed by atoms with van der Waals surface area (Å²) in [6, 6.07) is 0. The lowest BCUT2D eigenvalue weighted by Crippen LogP contribution is -2.92. The summed E-state index contributed by atoms with van der Waals surface area (Å²) in [5.41, 5.74) is 0. The van der Waals surface area contributed by atoms with E-state index in [9.17, 15) is 0 Å². The van der Waals surface area contributed by atoms with Crippen LogP contribution in [-0.4, -0.2) is 277 Å². The van der Waals surface area contributed by atoms with Crippen LogP contribution < -0.4 is 0 Å². The molecule has 0 saturated heterocycles. The molecule has 0 spiro atoms. The van der Waals surface area contributed by atoms with Gasteiger partial charge in [0.15, 0.2) is 0 Å². The maximum absolute atomic E-state index is 6.46. The standard InChI is InChI=1S/B39/c1-21-31(20)36(30(18)19)39(37(32(22(2)3)23(4)5)33(24(6)7)25(8)9)38(34(26(10)11)27(12)13)35(28(14)15)29(16)17/q-2. The van der Waals surface area contributed by atoms with Crippen molar-refractivity contribution < 1.29 is 0 Å². The van der Waals surface area contributed by atoms with Crippen molar-refractivity contribution >= 4 is 277 Å². The first-order valence-electron chi connectivity index (χ1n) is 12.7. The fraction of sp³-hybridized carbons (Fsp3) is 0. The fourth-order valence-corrected chi connectivity index (χ4v) is 6.29. The highest BCUT2D eigenvalue weighted by Crippen LogP contribution is 2.18. The van der Waals surface area contributed by atoms with Crippen molar-refractivity contribution in [3.63, 3.8) is 0 Å². The van der Waals surface area contributed by atoms with E-state index in [1.54, 1.807) is 0 Å². The van der Waals surface area contributed by atoms with Gasteiger partial charge in [-0.3, -0.25) is 7.06 Å². The van der Waals surface area contributed by atoms with Gasteiger partial charge in [0.1, 0.15) is 0 Å². The van der Waals surface area contributed by atoms with Crippen molar-refractivity contribution in [3.05, 3.63) is 0 Å². The fourth-order valence-electron chi connectivity index (χ4n) is 6.29. The van der Waals surface area contributed by atoms with Crippen LogP contribution in [0.25, 0.3) is 0 Å². The second kappa shape index (κ2) is 19.1. The van der Waals surface area contributed by atoms with Crippen molar-refractivity contribution in [1.29, 1.82) is 0 Å². The average Bonchev–Trinajstić information content (AvgIpc) is 2.73. The summed E-state index contributed by atoms with van der Waals surface area (Å²) >= 11 is 0.